The predicted molar refractivity (Wildman–Crippen MR) is 124 cm³/mol. The monoisotopic (exact) mass is 452 g/mol. The second-order valence-corrected chi connectivity index (χ2v) is 8.86. The number of rotatable bonds is 6. The fourth-order valence-electron chi connectivity index (χ4n) is 3.30. The van der Waals surface area contributed by atoms with Gasteiger partial charge in [0.1, 0.15) is 5.82 Å². The molecule has 0 aliphatic rings. The molecule has 0 unspecified atom stereocenters. The van der Waals surface area contributed by atoms with Gasteiger partial charge in [0, 0.05) is 30.5 Å². The summed E-state index contributed by atoms with van der Waals surface area (Å²) >= 11 is 2.88. The molecule has 0 N–H and O–H groups in total. The van der Waals surface area contributed by atoms with Crippen LogP contribution in [0.1, 0.15) is 23.7 Å². The number of imidazole rings is 1. The van der Waals surface area contributed by atoms with Crippen molar-refractivity contribution in [3.8, 4) is 5.69 Å². The first-order chi connectivity index (χ1) is 14.9. The third kappa shape index (κ3) is 4.55. The molecule has 2 aromatic heterocycles. The van der Waals surface area contributed by atoms with Crippen molar-refractivity contribution < 1.29 is 9.18 Å². The Morgan fingerprint density at radius 1 is 1.23 bits per heavy atom. The van der Waals surface area contributed by atoms with Gasteiger partial charge in [0.15, 0.2) is 10.3 Å². The Labute approximate surface area is 188 Å². The van der Waals surface area contributed by atoms with Crippen LogP contribution in [0, 0.1) is 19.7 Å². The Balaban J connectivity index is 1.54. The van der Waals surface area contributed by atoms with E-state index in [1.807, 2.05) is 11.6 Å². The molecule has 0 radical (unpaired) electrons. The molecular formula is C23H21FN4OS2. The third-order valence-corrected chi connectivity index (χ3v) is 6.58. The van der Waals surface area contributed by atoms with Gasteiger partial charge in [0.05, 0.1) is 17.1 Å². The minimum Gasteiger partial charge on any atom is -0.295 e. The van der Waals surface area contributed by atoms with Crippen LogP contribution in [0.15, 0.2) is 65.4 Å². The number of carbonyl (C=O) groups excluding carboxylic acids is 1. The topological polar surface area (TPSA) is 51.0 Å². The number of hydrogen-bond donors (Lipinski definition) is 0. The predicted octanol–water partition coefficient (Wildman–Crippen LogP) is 6.06. The molecule has 0 aliphatic carbocycles. The zero-order chi connectivity index (χ0) is 22.0. The first-order valence-electron chi connectivity index (χ1n) is 9.67. The normalized spacial score (nSPS) is 11.0. The minimum absolute atomic E-state index is 0.203. The number of aromatic nitrogens is 3. The quantitative estimate of drug-likeness (QED) is 0.334. The van der Waals surface area contributed by atoms with E-state index in [1.165, 1.54) is 40.4 Å². The Morgan fingerprint density at radius 3 is 2.77 bits per heavy atom. The molecule has 5 nitrogen and oxygen atoms in total. The van der Waals surface area contributed by atoms with Crippen LogP contribution in [-0.2, 0) is 10.5 Å². The molecule has 0 atom stereocenters. The number of nitrogens with zero attached hydrogens (tertiary/aromatic N) is 4. The Kier molecular flexibility index (Phi) is 6.20. The van der Waals surface area contributed by atoms with Crippen LogP contribution in [0.2, 0.25) is 0 Å². The van der Waals surface area contributed by atoms with Crippen molar-refractivity contribution in [3.63, 3.8) is 0 Å². The van der Waals surface area contributed by atoms with Gasteiger partial charge in [-0.3, -0.25) is 14.3 Å². The average Bonchev–Trinajstić information content (AvgIpc) is 3.37. The maximum Gasteiger partial charge on any atom is 0.230 e. The van der Waals surface area contributed by atoms with Crippen LogP contribution in [0.3, 0.4) is 0 Å². The lowest BCUT2D eigenvalue weighted by atomic mass is 10.1. The number of thiazole rings is 1. The van der Waals surface area contributed by atoms with E-state index in [-0.39, 0.29) is 11.6 Å². The van der Waals surface area contributed by atoms with Gasteiger partial charge in [0.2, 0.25) is 5.91 Å². The van der Waals surface area contributed by atoms with Crippen molar-refractivity contribution in [3.05, 3.63) is 82.9 Å². The molecule has 0 spiro atoms. The number of anilines is 2. The molecule has 4 aromatic rings. The van der Waals surface area contributed by atoms with Crippen LogP contribution in [0.4, 0.5) is 15.2 Å². The molecule has 0 saturated carbocycles. The number of benzene rings is 2. The lowest BCUT2D eigenvalue weighted by molar-refractivity contribution is -0.115. The summed E-state index contributed by atoms with van der Waals surface area (Å²) < 4.78 is 16.3. The highest BCUT2D eigenvalue weighted by atomic mass is 32.2. The molecule has 8 heteroatoms. The molecule has 4 rings (SSSR count). The van der Waals surface area contributed by atoms with Crippen molar-refractivity contribution >= 4 is 39.8 Å². The number of carbonyl (C=O) groups is 1. The van der Waals surface area contributed by atoms with Gasteiger partial charge in [-0.2, -0.15) is 0 Å². The van der Waals surface area contributed by atoms with E-state index in [9.17, 15) is 9.18 Å². The summed E-state index contributed by atoms with van der Waals surface area (Å²) in [6.07, 6.45) is 3.73. The summed E-state index contributed by atoms with van der Waals surface area (Å²) in [7, 11) is 0. The molecule has 2 aromatic carbocycles. The third-order valence-electron chi connectivity index (χ3n) is 4.71. The fraction of sp³-hybridized carbons (Fsp3) is 0.174. The second-order valence-electron chi connectivity index (χ2n) is 7.09. The smallest absolute Gasteiger partial charge is 0.230 e. The summed E-state index contributed by atoms with van der Waals surface area (Å²) in [6, 6.07) is 12.5. The largest absolute Gasteiger partial charge is 0.295 e. The molecule has 0 aliphatic heterocycles. The maximum atomic E-state index is 14.3. The minimum atomic E-state index is -0.459. The van der Waals surface area contributed by atoms with Crippen molar-refractivity contribution in [2.75, 3.05) is 4.90 Å². The number of halogens is 1. The fourth-order valence-corrected chi connectivity index (χ4v) is 5.14. The van der Waals surface area contributed by atoms with Crippen molar-refractivity contribution in [2.24, 2.45) is 0 Å². The SMILES string of the molecule is CC(=O)N(c1nc(CSc2nccn2-c2ccc(C)cc2C)cs1)c1ccccc1F. The summed E-state index contributed by atoms with van der Waals surface area (Å²) in [5.74, 6) is -0.162. The Hall–Kier alpha value is -2.97. The van der Waals surface area contributed by atoms with Gasteiger partial charge in [0.25, 0.3) is 0 Å². The summed E-state index contributed by atoms with van der Waals surface area (Å²) in [4.78, 5) is 22.6. The van der Waals surface area contributed by atoms with Crippen LogP contribution < -0.4 is 4.90 Å². The molecular weight excluding hydrogens is 431 g/mol. The van der Waals surface area contributed by atoms with E-state index in [2.05, 4.69) is 46.6 Å². The first kappa shape index (κ1) is 21.3. The number of aryl methyl sites for hydroxylation is 2. The highest BCUT2D eigenvalue weighted by molar-refractivity contribution is 7.98. The highest BCUT2D eigenvalue weighted by Gasteiger charge is 2.21. The molecule has 2 heterocycles. The molecule has 0 saturated heterocycles. The molecule has 31 heavy (non-hydrogen) atoms. The van der Waals surface area contributed by atoms with E-state index in [0.29, 0.717) is 10.9 Å². The zero-order valence-electron chi connectivity index (χ0n) is 17.4. The van der Waals surface area contributed by atoms with Crippen molar-refractivity contribution in [1.82, 2.24) is 14.5 Å². The van der Waals surface area contributed by atoms with E-state index < -0.39 is 5.82 Å². The highest BCUT2D eigenvalue weighted by Crippen LogP contribution is 2.33. The average molecular weight is 453 g/mol. The lowest BCUT2D eigenvalue weighted by Gasteiger charge is -2.18. The maximum absolute atomic E-state index is 14.3. The summed E-state index contributed by atoms with van der Waals surface area (Å²) in [6.45, 7) is 5.57. The van der Waals surface area contributed by atoms with Gasteiger partial charge in [-0.05, 0) is 37.6 Å². The van der Waals surface area contributed by atoms with Crippen molar-refractivity contribution in [2.45, 2.75) is 31.7 Å². The van der Waals surface area contributed by atoms with Gasteiger partial charge < -0.3 is 0 Å². The lowest BCUT2D eigenvalue weighted by Crippen LogP contribution is -2.23. The summed E-state index contributed by atoms with van der Waals surface area (Å²) in [5.41, 5.74) is 4.50. The van der Waals surface area contributed by atoms with E-state index in [4.69, 9.17) is 0 Å². The summed E-state index contributed by atoms with van der Waals surface area (Å²) in [5, 5.41) is 3.20. The van der Waals surface area contributed by atoms with Gasteiger partial charge in [-0.1, -0.05) is 41.6 Å². The van der Waals surface area contributed by atoms with Crippen LogP contribution in [0.5, 0.6) is 0 Å². The second kappa shape index (κ2) is 9.03. The van der Waals surface area contributed by atoms with Gasteiger partial charge in [-0.25, -0.2) is 14.4 Å². The first-order valence-corrected chi connectivity index (χ1v) is 11.5. The molecule has 0 fully saturated rings. The van der Waals surface area contributed by atoms with Crippen LogP contribution in [0.25, 0.3) is 5.69 Å². The molecule has 158 valence electrons. The number of hydrogen-bond acceptors (Lipinski definition) is 5. The Morgan fingerprint density at radius 2 is 2.03 bits per heavy atom. The van der Waals surface area contributed by atoms with Gasteiger partial charge in [-0.15, -0.1) is 11.3 Å². The zero-order valence-corrected chi connectivity index (χ0v) is 19.0. The van der Waals surface area contributed by atoms with Crippen LogP contribution in [-0.4, -0.2) is 20.4 Å². The van der Waals surface area contributed by atoms with Crippen LogP contribution >= 0.6 is 23.1 Å². The van der Waals surface area contributed by atoms with Gasteiger partial charge >= 0.3 is 0 Å². The van der Waals surface area contributed by atoms with E-state index in [0.717, 1.165) is 16.5 Å². The van der Waals surface area contributed by atoms with Crippen molar-refractivity contribution in [1.29, 1.82) is 0 Å². The van der Waals surface area contributed by atoms with E-state index >= 15 is 0 Å². The number of thioether (sulfide) groups is 1. The molecule has 0 bridgehead atoms. The standard InChI is InChI=1S/C23H21FN4OS2/c1-15-8-9-20(16(2)12-15)27-11-10-25-22(27)30-13-18-14-31-23(26-18)28(17(3)29)21-7-5-4-6-19(21)24/h4-12,14H,13H2,1-3H3. The number of para-hydroxylation sites is 1. The Bertz CT molecular complexity index is 1230. The number of amides is 1. The van der Waals surface area contributed by atoms with E-state index in [1.54, 1.807) is 36.2 Å². The molecule has 1 amide bonds.